The van der Waals surface area contributed by atoms with Gasteiger partial charge in [0.05, 0.1) is 6.20 Å². The second kappa shape index (κ2) is 8.19. The molecule has 152 valence electrons. The van der Waals surface area contributed by atoms with Crippen LogP contribution in [0, 0.1) is 5.92 Å². The summed E-state index contributed by atoms with van der Waals surface area (Å²) >= 11 is 0. The Morgan fingerprint density at radius 3 is 2.77 bits per heavy atom. The summed E-state index contributed by atoms with van der Waals surface area (Å²) in [5, 5.41) is 8.18. The Labute approximate surface area is 176 Å². The zero-order chi connectivity index (χ0) is 20.3. The number of H-pyrrole nitrogens is 1. The van der Waals surface area contributed by atoms with Crippen molar-refractivity contribution in [3.05, 3.63) is 78.8 Å². The molecule has 1 aliphatic heterocycles. The van der Waals surface area contributed by atoms with Gasteiger partial charge in [0.1, 0.15) is 0 Å². The third-order valence-corrected chi connectivity index (χ3v) is 6.21. The summed E-state index contributed by atoms with van der Waals surface area (Å²) < 4.78 is 2.37. The van der Waals surface area contributed by atoms with E-state index in [9.17, 15) is 4.79 Å². The van der Waals surface area contributed by atoms with Crippen molar-refractivity contribution in [3.63, 3.8) is 0 Å². The number of nitrogens with zero attached hydrogens (tertiary/aromatic N) is 3. The van der Waals surface area contributed by atoms with Crippen molar-refractivity contribution in [1.82, 2.24) is 19.7 Å². The minimum Gasteiger partial charge on any atom is -0.347 e. The molecule has 1 saturated heterocycles. The van der Waals surface area contributed by atoms with Crippen LogP contribution in [0.25, 0.3) is 22.0 Å². The maximum absolute atomic E-state index is 12.8. The van der Waals surface area contributed by atoms with Crippen LogP contribution >= 0.6 is 0 Å². The molecule has 2 aromatic carbocycles. The normalized spacial score (nSPS) is 17.2. The SMILES string of the molecule is O=C(c1ccccc1)N1CCCC(Cn2ccc3cc(-c4cn[nH]c4)ccc32)CC1. The number of nitrogens with one attached hydrogen (secondary N) is 1. The van der Waals surface area contributed by atoms with Crippen LogP contribution in [0.1, 0.15) is 29.6 Å². The highest BCUT2D eigenvalue weighted by Crippen LogP contribution is 2.27. The van der Waals surface area contributed by atoms with Gasteiger partial charge >= 0.3 is 0 Å². The minimum absolute atomic E-state index is 0.162. The first-order valence-corrected chi connectivity index (χ1v) is 10.7. The van der Waals surface area contributed by atoms with E-state index in [2.05, 4.69) is 45.2 Å². The molecule has 1 aliphatic rings. The van der Waals surface area contributed by atoms with Crippen LogP contribution in [0.2, 0.25) is 0 Å². The summed E-state index contributed by atoms with van der Waals surface area (Å²) in [5.74, 6) is 0.747. The number of carbonyl (C=O) groups is 1. The fraction of sp³-hybridized carbons (Fsp3) is 0.280. The number of aromatic nitrogens is 3. The van der Waals surface area contributed by atoms with Crippen molar-refractivity contribution in [1.29, 1.82) is 0 Å². The predicted molar refractivity (Wildman–Crippen MR) is 119 cm³/mol. The van der Waals surface area contributed by atoms with Crippen molar-refractivity contribution >= 4 is 16.8 Å². The molecule has 0 bridgehead atoms. The van der Waals surface area contributed by atoms with E-state index >= 15 is 0 Å². The van der Waals surface area contributed by atoms with Crippen LogP contribution in [-0.4, -0.2) is 38.7 Å². The standard InChI is InChI=1S/C25H26N4O/c30-25(20-6-2-1-3-7-20)28-12-4-5-19(10-13-28)18-29-14-11-22-15-21(8-9-24(22)29)23-16-26-27-17-23/h1-3,6-9,11,14-17,19H,4-5,10,12-13,18H2,(H,26,27). The Balaban J connectivity index is 1.27. The summed E-state index contributed by atoms with van der Waals surface area (Å²) in [6.07, 6.45) is 9.24. The Bertz CT molecular complexity index is 1130. The lowest BCUT2D eigenvalue weighted by Crippen LogP contribution is -2.32. The molecule has 30 heavy (non-hydrogen) atoms. The maximum Gasteiger partial charge on any atom is 0.253 e. The molecule has 5 nitrogen and oxygen atoms in total. The van der Waals surface area contributed by atoms with Gasteiger partial charge < -0.3 is 9.47 Å². The first kappa shape index (κ1) is 18.7. The highest BCUT2D eigenvalue weighted by Gasteiger charge is 2.22. The number of hydrogen-bond acceptors (Lipinski definition) is 2. The molecular formula is C25H26N4O. The molecule has 0 spiro atoms. The van der Waals surface area contributed by atoms with Gasteiger partial charge in [0.2, 0.25) is 0 Å². The van der Waals surface area contributed by atoms with Crippen LogP contribution in [0.15, 0.2) is 73.2 Å². The van der Waals surface area contributed by atoms with E-state index in [1.54, 1.807) is 0 Å². The fourth-order valence-electron chi connectivity index (χ4n) is 4.54. The molecule has 5 rings (SSSR count). The first-order chi connectivity index (χ1) is 14.8. The van der Waals surface area contributed by atoms with Crippen LogP contribution in [0.3, 0.4) is 0 Å². The number of likely N-dealkylation sites (tertiary alicyclic amines) is 1. The average molecular weight is 399 g/mol. The summed E-state index contributed by atoms with van der Waals surface area (Å²) in [6.45, 7) is 2.69. The van der Waals surface area contributed by atoms with Crippen molar-refractivity contribution in [2.75, 3.05) is 13.1 Å². The average Bonchev–Trinajstić information content (AvgIpc) is 3.40. The molecule has 3 heterocycles. The number of carbonyl (C=O) groups excluding carboxylic acids is 1. The number of rotatable bonds is 4. The predicted octanol–water partition coefficient (Wildman–Crippen LogP) is 4.97. The molecule has 1 unspecified atom stereocenters. The van der Waals surface area contributed by atoms with Crippen LogP contribution in [-0.2, 0) is 6.54 Å². The molecule has 0 aliphatic carbocycles. The molecule has 1 N–H and O–H groups in total. The third kappa shape index (κ3) is 3.75. The molecule has 1 fully saturated rings. The quantitative estimate of drug-likeness (QED) is 0.527. The maximum atomic E-state index is 12.8. The fourth-order valence-corrected chi connectivity index (χ4v) is 4.54. The lowest BCUT2D eigenvalue weighted by Gasteiger charge is -2.21. The number of hydrogen-bond donors (Lipinski definition) is 1. The van der Waals surface area contributed by atoms with E-state index in [1.165, 1.54) is 16.5 Å². The Morgan fingerprint density at radius 2 is 1.93 bits per heavy atom. The molecule has 1 atom stereocenters. The van der Waals surface area contributed by atoms with E-state index in [0.29, 0.717) is 5.92 Å². The molecule has 0 saturated carbocycles. The number of aromatic amines is 1. The molecule has 4 aromatic rings. The van der Waals surface area contributed by atoms with Crippen molar-refractivity contribution in [3.8, 4) is 11.1 Å². The van der Waals surface area contributed by atoms with Crippen LogP contribution < -0.4 is 0 Å². The van der Waals surface area contributed by atoms with Crippen LogP contribution in [0.4, 0.5) is 0 Å². The van der Waals surface area contributed by atoms with E-state index in [-0.39, 0.29) is 5.91 Å². The van der Waals surface area contributed by atoms with Gasteiger partial charge in [-0.2, -0.15) is 5.10 Å². The minimum atomic E-state index is 0.162. The Hall–Kier alpha value is -3.34. The molecule has 2 aromatic heterocycles. The smallest absolute Gasteiger partial charge is 0.253 e. The van der Waals surface area contributed by atoms with E-state index in [4.69, 9.17) is 0 Å². The highest BCUT2D eigenvalue weighted by atomic mass is 16.2. The lowest BCUT2D eigenvalue weighted by molar-refractivity contribution is 0.0759. The molecule has 0 radical (unpaired) electrons. The van der Waals surface area contributed by atoms with Gasteiger partial charge in [-0.15, -0.1) is 0 Å². The van der Waals surface area contributed by atoms with Crippen LogP contribution in [0.5, 0.6) is 0 Å². The number of fused-ring (bicyclic) bond motifs is 1. The zero-order valence-corrected chi connectivity index (χ0v) is 17.0. The van der Waals surface area contributed by atoms with Gasteiger partial charge in [0.15, 0.2) is 0 Å². The molecule has 1 amide bonds. The van der Waals surface area contributed by atoms with E-state index in [0.717, 1.165) is 50.0 Å². The van der Waals surface area contributed by atoms with Gasteiger partial charge in [0, 0.05) is 54.1 Å². The van der Waals surface area contributed by atoms with Gasteiger partial charge in [-0.05, 0) is 61.1 Å². The lowest BCUT2D eigenvalue weighted by atomic mass is 10.0. The first-order valence-electron chi connectivity index (χ1n) is 10.7. The number of benzene rings is 2. The molecular weight excluding hydrogens is 372 g/mol. The Kier molecular flexibility index (Phi) is 5.10. The summed E-state index contributed by atoms with van der Waals surface area (Å²) in [4.78, 5) is 14.8. The largest absolute Gasteiger partial charge is 0.347 e. The van der Waals surface area contributed by atoms with E-state index < -0.39 is 0 Å². The van der Waals surface area contributed by atoms with E-state index in [1.807, 2.05) is 47.6 Å². The molecule has 5 heteroatoms. The third-order valence-electron chi connectivity index (χ3n) is 6.21. The van der Waals surface area contributed by atoms with Crippen molar-refractivity contribution < 1.29 is 4.79 Å². The Morgan fingerprint density at radius 1 is 1.03 bits per heavy atom. The highest BCUT2D eigenvalue weighted by molar-refractivity contribution is 5.94. The monoisotopic (exact) mass is 398 g/mol. The van der Waals surface area contributed by atoms with Gasteiger partial charge in [-0.1, -0.05) is 24.3 Å². The topological polar surface area (TPSA) is 53.9 Å². The zero-order valence-electron chi connectivity index (χ0n) is 17.0. The van der Waals surface area contributed by atoms with Crippen molar-refractivity contribution in [2.45, 2.75) is 25.8 Å². The second-order valence-corrected chi connectivity index (χ2v) is 8.18. The van der Waals surface area contributed by atoms with Gasteiger partial charge in [0.25, 0.3) is 5.91 Å². The van der Waals surface area contributed by atoms with Crippen molar-refractivity contribution in [2.24, 2.45) is 5.92 Å². The summed E-state index contributed by atoms with van der Waals surface area (Å²) in [6, 6.07) is 18.4. The summed E-state index contributed by atoms with van der Waals surface area (Å²) in [5.41, 5.74) is 4.35. The van der Waals surface area contributed by atoms with Gasteiger partial charge in [-0.25, -0.2) is 0 Å². The summed E-state index contributed by atoms with van der Waals surface area (Å²) in [7, 11) is 0. The number of amides is 1. The van der Waals surface area contributed by atoms with Gasteiger partial charge in [-0.3, -0.25) is 9.89 Å². The second-order valence-electron chi connectivity index (χ2n) is 8.18.